The predicted octanol–water partition coefficient (Wildman–Crippen LogP) is 4.71. The molecule has 0 aliphatic rings. The van der Waals surface area contributed by atoms with Gasteiger partial charge in [-0.3, -0.25) is 0 Å². The Kier molecular flexibility index (Phi) is 5.48. The Morgan fingerprint density at radius 3 is 1.08 bits per heavy atom. The molecule has 0 bridgehead atoms. The zero-order valence-electron chi connectivity index (χ0n) is 10.8. The lowest BCUT2D eigenvalue weighted by Crippen LogP contribution is -2.79. The molecular weight excluding hydrogens is 406 g/mol. The molecule has 2 nitrogen and oxygen atoms in total. The van der Waals surface area contributed by atoms with Gasteiger partial charge in [-0.1, -0.05) is 6.58 Å². The Hall–Kier alpha value is -1.77. The van der Waals surface area contributed by atoms with Gasteiger partial charge in [0, 0.05) is 0 Å². The van der Waals surface area contributed by atoms with E-state index in [0.29, 0.717) is 0 Å². The van der Waals surface area contributed by atoms with E-state index >= 15 is 0 Å². The van der Waals surface area contributed by atoms with E-state index in [-0.39, 0.29) is 0 Å². The monoisotopic (exact) mass is 408 g/mol. The van der Waals surface area contributed by atoms with Crippen LogP contribution in [0.2, 0.25) is 0 Å². The van der Waals surface area contributed by atoms with Gasteiger partial charge in [-0.25, -0.2) is 9.18 Å². The number of halogens is 14. The van der Waals surface area contributed by atoms with E-state index in [1.807, 2.05) is 0 Å². The first kappa shape index (κ1) is 23.2. The van der Waals surface area contributed by atoms with Crippen LogP contribution in [0.15, 0.2) is 12.4 Å². The quantitative estimate of drug-likeness (QED) is 0.384. The molecule has 0 radical (unpaired) electrons. The number of ether oxygens (including phenoxy) is 1. The summed E-state index contributed by atoms with van der Waals surface area (Å²) in [5, 5.41) is 0. The Morgan fingerprint density at radius 1 is 0.640 bits per heavy atom. The van der Waals surface area contributed by atoms with Crippen molar-refractivity contribution in [3.05, 3.63) is 12.4 Å². The minimum Gasteiger partial charge on any atom is -0.430 e. The molecule has 0 aliphatic carbocycles. The molecule has 0 N–H and O–H groups in total. The SMILES string of the molecule is C=C(F)C(=O)OC(C(F)(F)F)(C(F)(F)F)C(F)(C(F)(F)F)C(F)(F)F. The van der Waals surface area contributed by atoms with Gasteiger partial charge in [-0.2, -0.15) is 57.1 Å². The van der Waals surface area contributed by atoms with Crippen molar-refractivity contribution in [1.82, 2.24) is 0 Å². The molecule has 0 unspecified atom stereocenters. The summed E-state index contributed by atoms with van der Waals surface area (Å²) >= 11 is 0. The van der Waals surface area contributed by atoms with Crippen LogP contribution in [-0.2, 0) is 9.53 Å². The summed E-state index contributed by atoms with van der Waals surface area (Å²) in [6.45, 7) is 1.75. The van der Waals surface area contributed by atoms with Crippen LogP contribution in [0, 0.1) is 0 Å². The molecule has 0 fully saturated rings. The Balaban J connectivity index is 7.29. The summed E-state index contributed by atoms with van der Waals surface area (Å²) in [4.78, 5) is 10.6. The van der Waals surface area contributed by atoms with E-state index < -0.39 is 47.8 Å². The Labute approximate surface area is 127 Å². The minimum absolute atomic E-state index is 1.75. The van der Waals surface area contributed by atoms with Crippen molar-refractivity contribution in [3.63, 3.8) is 0 Å². The lowest BCUT2D eigenvalue weighted by Gasteiger charge is -2.46. The van der Waals surface area contributed by atoms with Crippen LogP contribution in [0.1, 0.15) is 0 Å². The molecule has 25 heavy (non-hydrogen) atoms. The summed E-state index contributed by atoms with van der Waals surface area (Å²) in [6, 6.07) is 0. The molecule has 0 aromatic rings. The molecule has 0 saturated carbocycles. The van der Waals surface area contributed by atoms with Crippen LogP contribution in [0.5, 0.6) is 0 Å². The highest BCUT2D eigenvalue weighted by Crippen LogP contribution is 2.63. The largest absolute Gasteiger partial charge is 0.441 e. The first-order chi connectivity index (χ1) is 10.6. The number of alkyl halides is 13. The standard InChI is InChI=1S/C9H2F14O2/c1-2(10)3(24)25-5(8(18,19)20,9(21,22)23)4(11,6(12,13)14)7(15,16)17/h1H2. The van der Waals surface area contributed by atoms with Crippen LogP contribution < -0.4 is 0 Å². The molecule has 0 aliphatic heterocycles. The van der Waals surface area contributed by atoms with Crippen LogP contribution >= 0.6 is 0 Å². The molecule has 0 aromatic heterocycles. The summed E-state index contributed by atoms with van der Waals surface area (Å²) in [5.41, 5.74) is -16.1. The average molecular weight is 408 g/mol. The second-order valence-electron chi connectivity index (χ2n) is 4.13. The fourth-order valence-electron chi connectivity index (χ4n) is 1.49. The number of hydrogen-bond acceptors (Lipinski definition) is 2. The van der Waals surface area contributed by atoms with Crippen molar-refractivity contribution >= 4 is 5.97 Å². The maximum atomic E-state index is 13.6. The van der Waals surface area contributed by atoms with E-state index in [2.05, 4.69) is 4.74 Å². The normalized spacial score (nSPS) is 15.1. The average Bonchev–Trinajstić information content (AvgIpc) is 2.28. The zero-order valence-corrected chi connectivity index (χ0v) is 10.8. The van der Waals surface area contributed by atoms with E-state index in [4.69, 9.17) is 0 Å². The van der Waals surface area contributed by atoms with Gasteiger partial charge >= 0.3 is 41.9 Å². The maximum absolute atomic E-state index is 13.6. The van der Waals surface area contributed by atoms with Crippen LogP contribution in [0.4, 0.5) is 61.5 Å². The lowest BCUT2D eigenvalue weighted by atomic mass is 9.80. The lowest BCUT2D eigenvalue weighted by molar-refractivity contribution is -0.478. The summed E-state index contributed by atoms with van der Waals surface area (Å²) in [7, 11) is 0. The third-order valence-corrected chi connectivity index (χ3v) is 2.53. The van der Waals surface area contributed by atoms with Crippen LogP contribution in [0.3, 0.4) is 0 Å². The van der Waals surface area contributed by atoms with Crippen molar-refractivity contribution in [2.75, 3.05) is 0 Å². The predicted molar refractivity (Wildman–Crippen MR) is 47.1 cm³/mol. The summed E-state index contributed by atoms with van der Waals surface area (Å²) in [5.74, 6) is -6.60. The number of rotatable bonds is 3. The molecule has 0 heterocycles. The highest BCUT2D eigenvalue weighted by atomic mass is 19.4. The summed E-state index contributed by atoms with van der Waals surface area (Å²) < 4.78 is 178. The molecule has 0 saturated heterocycles. The second kappa shape index (κ2) is 5.89. The third kappa shape index (κ3) is 3.33. The smallest absolute Gasteiger partial charge is 0.430 e. The van der Waals surface area contributed by atoms with Crippen LogP contribution in [-0.4, -0.2) is 41.9 Å². The molecule has 16 heteroatoms. The van der Waals surface area contributed by atoms with Crippen molar-refractivity contribution < 1.29 is 71.0 Å². The molecule has 0 aromatic carbocycles. The molecule has 0 rings (SSSR count). The highest BCUT2D eigenvalue weighted by Gasteiger charge is 2.97. The van der Waals surface area contributed by atoms with Gasteiger partial charge in [0.2, 0.25) is 5.83 Å². The first-order valence-electron chi connectivity index (χ1n) is 5.11. The molecule has 148 valence electrons. The Morgan fingerprint density at radius 2 is 0.920 bits per heavy atom. The van der Waals surface area contributed by atoms with E-state index in [0.717, 1.165) is 0 Å². The van der Waals surface area contributed by atoms with Crippen molar-refractivity contribution in [3.8, 4) is 0 Å². The van der Waals surface area contributed by atoms with Gasteiger partial charge in [0.15, 0.2) is 0 Å². The fraction of sp³-hybridized carbons (Fsp3) is 0.667. The number of hydrogen-bond donors (Lipinski definition) is 0. The third-order valence-electron chi connectivity index (χ3n) is 2.53. The van der Waals surface area contributed by atoms with E-state index in [9.17, 15) is 66.3 Å². The fourth-order valence-corrected chi connectivity index (χ4v) is 1.49. The van der Waals surface area contributed by atoms with Gasteiger partial charge in [0.25, 0.3) is 0 Å². The van der Waals surface area contributed by atoms with Crippen molar-refractivity contribution in [2.24, 2.45) is 0 Å². The van der Waals surface area contributed by atoms with Gasteiger partial charge in [0.05, 0.1) is 0 Å². The Bertz CT molecular complexity index is 504. The molecule has 0 atom stereocenters. The second-order valence-corrected chi connectivity index (χ2v) is 4.13. The highest BCUT2D eigenvalue weighted by molar-refractivity contribution is 5.85. The first-order valence-corrected chi connectivity index (χ1v) is 5.11. The topological polar surface area (TPSA) is 26.3 Å². The van der Waals surface area contributed by atoms with Crippen molar-refractivity contribution in [2.45, 2.75) is 36.0 Å². The zero-order chi connectivity index (χ0) is 20.9. The number of esters is 1. The van der Waals surface area contributed by atoms with E-state index in [1.54, 1.807) is 6.58 Å². The molecule has 0 spiro atoms. The molecule has 0 amide bonds. The summed E-state index contributed by atoms with van der Waals surface area (Å²) in [6.07, 6.45) is -31.7. The van der Waals surface area contributed by atoms with Gasteiger partial charge < -0.3 is 4.74 Å². The number of carbonyl (C=O) groups is 1. The molecular formula is C9H2F14O2. The van der Waals surface area contributed by atoms with E-state index in [1.165, 1.54) is 0 Å². The van der Waals surface area contributed by atoms with Gasteiger partial charge in [-0.05, 0) is 0 Å². The maximum Gasteiger partial charge on any atom is 0.441 e. The van der Waals surface area contributed by atoms with Crippen molar-refractivity contribution in [1.29, 1.82) is 0 Å². The van der Waals surface area contributed by atoms with Gasteiger partial charge in [0.1, 0.15) is 0 Å². The number of carbonyl (C=O) groups excluding carboxylic acids is 1. The minimum atomic E-state index is -8.23. The van der Waals surface area contributed by atoms with Crippen LogP contribution in [0.25, 0.3) is 0 Å². The van der Waals surface area contributed by atoms with Gasteiger partial charge in [-0.15, -0.1) is 0 Å².